The number of benzene rings is 2. The van der Waals surface area contributed by atoms with Crippen molar-refractivity contribution in [3.63, 3.8) is 0 Å². The summed E-state index contributed by atoms with van der Waals surface area (Å²) < 4.78 is 11.1. The predicted molar refractivity (Wildman–Crippen MR) is 114 cm³/mol. The average Bonchev–Trinajstić information content (AvgIpc) is 3.23. The smallest absolute Gasteiger partial charge is 0.247 e. The zero-order valence-electron chi connectivity index (χ0n) is 17.3. The Bertz CT molecular complexity index is 895. The first-order valence-electron chi connectivity index (χ1n) is 10.4. The third-order valence-corrected chi connectivity index (χ3v) is 5.83. The Kier molecular flexibility index (Phi) is 6.25. The number of aromatic nitrogens is 2. The minimum atomic E-state index is 0.565. The summed E-state index contributed by atoms with van der Waals surface area (Å²) in [6.45, 7) is 5.06. The van der Waals surface area contributed by atoms with E-state index in [1.807, 2.05) is 24.3 Å². The maximum atomic E-state index is 5.88. The number of hydrogen-bond acceptors (Lipinski definition) is 5. The van der Waals surface area contributed by atoms with Gasteiger partial charge in [0.25, 0.3) is 0 Å². The topological polar surface area (TPSA) is 51.4 Å². The van der Waals surface area contributed by atoms with Crippen LogP contribution < -0.4 is 4.74 Å². The molecule has 1 aromatic heterocycles. The van der Waals surface area contributed by atoms with Crippen LogP contribution in [0.15, 0.2) is 52.9 Å². The number of aryl methyl sites for hydroxylation is 2. The third kappa shape index (κ3) is 5.24. The second-order valence-electron chi connectivity index (χ2n) is 7.97. The second-order valence-corrected chi connectivity index (χ2v) is 7.97. The summed E-state index contributed by atoms with van der Waals surface area (Å²) in [5, 5.41) is 8.45. The van der Waals surface area contributed by atoms with Crippen molar-refractivity contribution in [1.29, 1.82) is 0 Å². The highest BCUT2D eigenvalue weighted by molar-refractivity contribution is 5.53. The van der Waals surface area contributed by atoms with Crippen molar-refractivity contribution in [2.45, 2.75) is 39.2 Å². The monoisotopic (exact) mass is 391 g/mol. The van der Waals surface area contributed by atoms with E-state index in [9.17, 15) is 0 Å². The lowest BCUT2D eigenvalue weighted by molar-refractivity contribution is 0.160. The van der Waals surface area contributed by atoms with Crippen molar-refractivity contribution < 1.29 is 9.15 Å². The van der Waals surface area contributed by atoms with Crippen molar-refractivity contribution >= 4 is 0 Å². The summed E-state index contributed by atoms with van der Waals surface area (Å²) in [5.74, 6) is 2.88. The number of piperidine rings is 1. The maximum Gasteiger partial charge on any atom is 0.247 e. The number of likely N-dealkylation sites (tertiary alicyclic amines) is 1. The predicted octanol–water partition coefficient (Wildman–Crippen LogP) is 4.90. The largest absolute Gasteiger partial charge is 0.497 e. The van der Waals surface area contributed by atoms with Gasteiger partial charge in [-0.1, -0.05) is 29.8 Å². The van der Waals surface area contributed by atoms with Crippen molar-refractivity contribution in [2.75, 3.05) is 20.2 Å². The fourth-order valence-electron chi connectivity index (χ4n) is 3.92. The highest BCUT2D eigenvalue weighted by atomic mass is 16.5. The maximum absolute atomic E-state index is 5.88. The number of rotatable bonds is 7. The molecule has 5 heteroatoms. The molecule has 1 aliphatic heterocycles. The molecular formula is C24H29N3O2. The SMILES string of the molecule is COc1ccc(-c2nnc(CN3CCC(CCc4ccc(C)cc4)CC3)o2)cc1. The molecule has 1 fully saturated rings. The molecule has 5 nitrogen and oxygen atoms in total. The van der Waals surface area contributed by atoms with Gasteiger partial charge >= 0.3 is 0 Å². The van der Waals surface area contributed by atoms with E-state index < -0.39 is 0 Å². The van der Waals surface area contributed by atoms with Gasteiger partial charge in [0.2, 0.25) is 11.8 Å². The van der Waals surface area contributed by atoms with Gasteiger partial charge < -0.3 is 9.15 Å². The number of hydrogen-bond donors (Lipinski definition) is 0. The van der Waals surface area contributed by atoms with Crippen LogP contribution in [0.3, 0.4) is 0 Å². The lowest BCUT2D eigenvalue weighted by Gasteiger charge is -2.31. The Balaban J connectivity index is 1.24. The summed E-state index contributed by atoms with van der Waals surface area (Å²) in [6, 6.07) is 16.6. The normalized spacial score (nSPS) is 15.5. The Labute approximate surface area is 172 Å². The number of nitrogens with zero attached hydrogens (tertiary/aromatic N) is 3. The van der Waals surface area contributed by atoms with Crippen LogP contribution in [0.2, 0.25) is 0 Å². The molecule has 0 saturated carbocycles. The van der Waals surface area contributed by atoms with Crippen LogP contribution in [0.5, 0.6) is 5.75 Å². The minimum Gasteiger partial charge on any atom is -0.497 e. The van der Waals surface area contributed by atoms with Crippen molar-refractivity contribution in [2.24, 2.45) is 5.92 Å². The molecule has 0 unspecified atom stereocenters. The zero-order valence-corrected chi connectivity index (χ0v) is 17.3. The number of methoxy groups -OCH3 is 1. The van der Waals surface area contributed by atoms with E-state index in [1.165, 1.54) is 36.8 Å². The van der Waals surface area contributed by atoms with Crippen molar-refractivity contribution in [3.8, 4) is 17.2 Å². The van der Waals surface area contributed by atoms with Gasteiger partial charge in [0.15, 0.2) is 0 Å². The molecule has 0 N–H and O–H groups in total. The van der Waals surface area contributed by atoms with Gasteiger partial charge in [-0.15, -0.1) is 10.2 Å². The molecule has 4 rings (SSSR count). The molecule has 1 aliphatic rings. The van der Waals surface area contributed by atoms with Gasteiger partial charge in [0.05, 0.1) is 13.7 Å². The van der Waals surface area contributed by atoms with Crippen molar-refractivity contribution in [3.05, 3.63) is 65.5 Å². The van der Waals surface area contributed by atoms with Crippen molar-refractivity contribution in [1.82, 2.24) is 15.1 Å². The lowest BCUT2D eigenvalue weighted by Crippen LogP contribution is -2.33. The molecule has 0 atom stereocenters. The van der Waals surface area contributed by atoms with E-state index in [0.717, 1.165) is 36.9 Å². The molecule has 2 aromatic carbocycles. The van der Waals surface area contributed by atoms with Crippen LogP contribution >= 0.6 is 0 Å². The molecule has 0 aliphatic carbocycles. The number of ether oxygens (including phenoxy) is 1. The van der Waals surface area contributed by atoms with Crippen LogP contribution in [-0.2, 0) is 13.0 Å². The van der Waals surface area contributed by atoms with Crippen LogP contribution in [-0.4, -0.2) is 35.3 Å². The first kappa shape index (κ1) is 19.6. The van der Waals surface area contributed by atoms with E-state index in [1.54, 1.807) is 7.11 Å². The van der Waals surface area contributed by atoms with E-state index in [-0.39, 0.29) is 0 Å². The molecule has 2 heterocycles. The van der Waals surface area contributed by atoms with Gasteiger partial charge in [-0.2, -0.15) is 0 Å². The molecule has 29 heavy (non-hydrogen) atoms. The average molecular weight is 392 g/mol. The van der Waals surface area contributed by atoms with Crippen LogP contribution in [0.1, 0.15) is 36.3 Å². The zero-order chi connectivity index (χ0) is 20.1. The Morgan fingerprint density at radius 3 is 2.41 bits per heavy atom. The molecule has 0 bridgehead atoms. The summed E-state index contributed by atoms with van der Waals surface area (Å²) in [4.78, 5) is 2.42. The Hall–Kier alpha value is -2.66. The highest BCUT2D eigenvalue weighted by Crippen LogP contribution is 2.25. The van der Waals surface area contributed by atoms with Crippen LogP contribution in [0.4, 0.5) is 0 Å². The quantitative estimate of drug-likeness (QED) is 0.573. The summed E-state index contributed by atoms with van der Waals surface area (Å²) in [7, 11) is 1.66. The van der Waals surface area contributed by atoms with Gasteiger partial charge in [0, 0.05) is 5.56 Å². The summed E-state index contributed by atoms with van der Waals surface area (Å²) >= 11 is 0. The first-order valence-corrected chi connectivity index (χ1v) is 10.4. The van der Waals surface area contributed by atoms with Crippen LogP contribution in [0, 0.1) is 12.8 Å². The Morgan fingerprint density at radius 2 is 1.72 bits per heavy atom. The van der Waals surface area contributed by atoms with E-state index in [4.69, 9.17) is 9.15 Å². The van der Waals surface area contributed by atoms with Crippen LogP contribution in [0.25, 0.3) is 11.5 Å². The second kappa shape index (κ2) is 9.23. The van der Waals surface area contributed by atoms with Gasteiger partial charge in [0.1, 0.15) is 5.75 Å². The van der Waals surface area contributed by atoms with E-state index in [0.29, 0.717) is 11.8 Å². The highest BCUT2D eigenvalue weighted by Gasteiger charge is 2.21. The molecule has 0 spiro atoms. The molecule has 1 saturated heterocycles. The summed E-state index contributed by atoms with van der Waals surface area (Å²) in [6.07, 6.45) is 4.94. The minimum absolute atomic E-state index is 0.565. The lowest BCUT2D eigenvalue weighted by atomic mass is 9.90. The molecular weight excluding hydrogens is 362 g/mol. The Morgan fingerprint density at radius 1 is 1.00 bits per heavy atom. The van der Waals surface area contributed by atoms with E-state index >= 15 is 0 Å². The molecule has 0 amide bonds. The molecule has 3 aromatic rings. The standard InChI is InChI=1S/C24H29N3O2/c1-18-3-5-19(6-4-18)7-8-20-13-15-27(16-14-20)17-23-25-26-24(29-23)21-9-11-22(28-2)12-10-21/h3-6,9-12,20H,7-8,13-17H2,1-2H3. The third-order valence-electron chi connectivity index (χ3n) is 5.83. The molecule has 0 radical (unpaired) electrons. The first-order chi connectivity index (χ1) is 14.2. The fraction of sp³-hybridized carbons (Fsp3) is 0.417. The molecule has 152 valence electrons. The fourth-order valence-corrected chi connectivity index (χ4v) is 3.92. The van der Waals surface area contributed by atoms with E-state index in [2.05, 4.69) is 46.3 Å². The van der Waals surface area contributed by atoms with Gasteiger partial charge in [-0.25, -0.2) is 0 Å². The van der Waals surface area contributed by atoms with Gasteiger partial charge in [-0.05, 0) is 81.4 Å². The van der Waals surface area contributed by atoms with Gasteiger partial charge in [-0.3, -0.25) is 4.90 Å². The summed E-state index contributed by atoms with van der Waals surface area (Å²) in [5.41, 5.74) is 3.70.